The van der Waals surface area contributed by atoms with Crippen molar-refractivity contribution in [2.24, 2.45) is 0 Å². The molecule has 0 fully saturated rings. The molecule has 0 saturated carbocycles. The lowest BCUT2D eigenvalue weighted by Gasteiger charge is -2.07. The molecule has 2 rings (SSSR count). The first-order valence-corrected chi connectivity index (χ1v) is 5.56. The van der Waals surface area contributed by atoms with Crippen molar-refractivity contribution in [1.82, 2.24) is 0 Å². The summed E-state index contributed by atoms with van der Waals surface area (Å²) < 4.78 is 26.8. The smallest absolute Gasteiger partial charge is 0.196 e. The van der Waals surface area contributed by atoms with Gasteiger partial charge in [-0.15, -0.1) is 0 Å². The predicted molar refractivity (Wildman–Crippen MR) is 65.7 cm³/mol. The van der Waals surface area contributed by atoms with E-state index in [4.69, 9.17) is 0 Å². The molecule has 0 unspecified atom stereocenters. The lowest BCUT2D eigenvalue weighted by Crippen LogP contribution is -2.07. The number of hydrogen-bond acceptors (Lipinski definition) is 1. The van der Waals surface area contributed by atoms with Gasteiger partial charge in [0.2, 0.25) is 0 Å². The monoisotopic (exact) mass is 246 g/mol. The second-order valence-electron chi connectivity index (χ2n) is 4.23. The van der Waals surface area contributed by atoms with Gasteiger partial charge in [-0.25, -0.2) is 8.78 Å². The SMILES string of the molecule is Cc1cc(C(=O)c2ccccc2C)c(F)cc1F. The lowest BCUT2D eigenvalue weighted by molar-refractivity contribution is 0.103. The highest BCUT2D eigenvalue weighted by atomic mass is 19.1. The first-order chi connectivity index (χ1) is 8.50. The first-order valence-electron chi connectivity index (χ1n) is 5.56. The van der Waals surface area contributed by atoms with Crippen LogP contribution in [0.5, 0.6) is 0 Å². The molecule has 1 nitrogen and oxygen atoms in total. The molecule has 0 saturated heterocycles. The Balaban J connectivity index is 2.53. The number of carbonyl (C=O) groups is 1. The van der Waals surface area contributed by atoms with Gasteiger partial charge in [-0.1, -0.05) is 24.3 Å². The lowest BCUT2D eigenvalue weighted by atomic mass is 9.97. The highest BCUT2D eigenvalue weighted by Gasteiger charge is 2.17. The highest BCUT2D eigenvalue weighted by Crippen LogP contribution is 2.19. The summed E-state index contributed by atoms with van der Waals surface area (Å²) in [4.78, 5) is 12.2. The van der Waals surface area contributed by atoms with E-state index in [2.05, 4.69) is 0 Å². The van der Waals surface area contributed by atoms with Gasteiger partial charge in [-0.2, -0.15) is 0 Å². The van der Waals surface area contributed by atoms with Gasteiger partial charge in [0, 0.05) is 11.6 Å². The third kappa shape index (κ3) is 2.16. The molecule has 0 spiro atoms. The Kier molecular flexibility index (Phi) is 3.24. The van der Waals surface area contributed by atoms with Gasteiger partial charge in [-0.3, -0.25) is 4.79 Å². The van der Waals surface area contributed by atoms with E-state index in [0.29, 0.717) is 5.56 Å². The molecule has 0 N–H and O–H groups in total. The van der Waals surface area contributed by atoms with Crippen molar-refractivity contribution < 1.29 is 13.6 Å². The van der Waals surface area contributed by atoms with Crippen molar-refractivity contribution in [1.29, 1.82) is 0 Å². The maximum atomic E-state index is 13.6. The van der Waals surface area contributed by atoms with Gasteiger partial charge in [0.15, 0.2) is 5.78 Å². The zero-order chi connectivity index (χ0) is 13.3. The Labute approximate surface area is 104 Å². The molecule has 0 aromatic heterocycles. The van der Waals surface area contributed by atoms with E-state index in [1.54, 1.807) is 31.2 Å². The van der Waals surface area contributed by atoms with Crippen LogP contribution in [0.1, 0.15) is 27.0 Å². The van der Waals surface area contributed by atoms with Crippen molar-refractivity contribution in [2.75, 3.05) is 0 Å². The van der Waals surface area contributed by atoms with Crippen LogP contribution in [0.2, 0.25) is 0 Å². The minimum absolute atomic E-state index is 0.0943. The standard InChI is InChI=1S/C15H12F2O/c1-9-5-3-4-6-11(9)15(18)12-7-10(2)13(16)8-14(12)17/h3-8H,1-2H3. The van der Waals surface area contributed by atoms with E-state index in [0.717, 1.165) is 11.6 Å². The maximum absolute atomic E-state index is 13.6. The third-order valence-electron chi connectivity index (χ3n) is 2.88. The molecule has 0 atom stereocenters. The van der Waals surface area contributed by atoms with Gasteiger partial charge in [0.25, 0.3) is 0 Å². The first kappa shape index (κ1) is 12.4. The summed E-state index contributed by atoms with van der Waals surface area (Å²) >= 11 is 0. The Morgan fingerprint density at radius 2 is 1.56 bits per heavy atom. The van der Waals surface area contributed by atoms with Crippen LogP contribution < -0.4 is 0 Å². The average molecular weight is 246 g/mol. The molecule has 2 aromatic carbocycles. The zero-order valence-corrected chi connectivity index (χ0v) is 10.1. The normalized spacial score (nSPS) is 10.4. The third-order valence-corrected chi connectivity index (χ3v) is 2.88. The van der Waals surface area contributed by atoms with Gasteiger partial charge < -0.3 is 0 Å². The summed E-state index contributed by atoms with van der Waals surface area (Å²) in [6, 6.07) is 8.94. The van der Waals surface area contributed by atoms with Gasteiger partial charge in [-0.05, 0) is 31.0 Å². The molecule has 0 heterocycles. The molecule has 92 valence electrons. The molecule has 0 bridgehead atoms. The molecule has 18 heavy (non-hydrogen) atoms. The van der Waals surface area contributed by atoms with Crippen LogP contribution in [-0.4, -0.2) is 5.78 Å². The van der Waals surface area contributed by atoms with Gasteiger partial charge in [0.05, 0.1) is 5.56 Å². The van der Waals surface area contributed by atoms with E-state index < -0.39 is 17.4 Å². The van der Waals surface area contributed by atoms with E-state index in [1.165, 1.54) is 13.0 Å². The number of ketones is 1. The summed E-state index contributed by atoms with van der Waals surface area (Å²) in [6.45, 7) is 3.28. The van der Waals surface area contributed by atoms with E-state index >= 15 is 0 Å². The van der Waals surface area contributed by atoms with Crippen LogP contribution >= 0.6 is 0 Å². The molecule has 0 aliphatic carbocycles. The minimum Gasteiger partial charge on any atom is -0.288 e. The molecular weight excluding hydrogens is 234 g/mol. The molecule has 0 amide bonds. The minimum atomic E-state index is -0.827. The second kappa shape index (κ2) is 4.69. The maximum Gasteiger partial charge on any atom is 0.196 e. The van der Waals surface area contributed by atoms with Crippen LogP contribution in [0.3, 0.4) is 0 Å². The fourth-order valence-electron chi connectivity index (χ4n) is 1.80. The quantitative estimate of drug-likeness (QED) is 0.736. The zero-order valence-electron chi connectivity index (χ0n) is 10.1. The van der Waals surface area contributed by atoms with Crippen LogP contribution in [0.15, 0.2) is 36.4 Å². The Hall–Kier alpha value is -2.03. The van der Waals surface area contributed by atoms with E-state index in [-0.39, 0.29) is 11.1 Å². The van der Waals surface area contributed by atoms with Crippen molar-refractivity contribution in [2.45, 2.75) is 13.8 Å². The summed E-state index contributed by atoms with van der Waals surface area (Å²) in [5.41, 5.74) is 1.36. The molecule has 0 aliphatic rings. The fourth-order valence-corrected chi connectivity index (χ4v) is 1.80. The van der Waals surface area contributed by atoms with Gasteiger partial charge in [0.1, 0.15) is 11.6 Å². The molecule has 0 aliphatic heterocycles. The number of carbonyl (C=O) groups excluding carboxylic acids is 1. The van der Waals surface area contributed by atoms with Gasteiger partial charge >= 0.3 is 0 Å². The number of halogens is 2. The summed E-state index contributed by atoms with van der Waals surface area (Å²) in [7, 11) is 0. The number of rotatable bonds is 2. The van der Waals surface area contributed by atoms with Crippen LogP contribution in [0, 0.1) is 25.5 Å². The summed E-state index contributed by atoms with van der Waals surface area (Å²) in [6.07, 6.45) is 0. The summed E-state index contributed by atoms with van der Waals surface area (Å²) in [5.74, 6) is -1.89. The molecule has 2 aromatic rings. The van der Waals surface area contributed by atoms with Crippen molar-refractivity contribution in [3.8, 4) is 0 Å². The molecule has 3 heteroatoms. The topological polar surface area (TPSA) is 17.1 Å². The van der Waals surface area contributed by atoms with E-state index in [9.17, 15) is 13.6 Å². The molecule has 0 radical (unpaired) electrons. The predicted octanol–water partition coefficient (Wildman–Crippen LogP) is 3.81. The highest BCUT2D eigenvalue weighted by molar-refractivity contribution is 6.10. The second-order valence-corrected chi connectivity index (χ2v) is 4.23. The van der Waals surface area contributed by atoms with Crippen molar-refractivity contribution in [3.63, 3.8) is 0 Å². The number of benzene rings is 2. The Bertz CT molecular complexity index is 618. The van der Waals surface area contributed by atoms with Crippen LogP contribution in [-0.2, 0) is 0 Å². The fraction of sp³-hybridized carbons (Fsp3) is 0.133. The largest absolute Gasteiger partial charge is 0.288 e. The average Bonchev–Trinajstić information content (AvgIpc) is 2.33. The molecular formula is C15H12F2O. The Morgan fingerprint density at radius 1 is 0.889 bits per heavy atom. The Morgan fingerprint density at radius 3 is 2.22 bits per heavy atom. The van der Waals surface area contributed by atoms with Crippen molar-refractivity contribution >= 4 is 5.78 Å². The van der Waals surface area contributed by atoms with Crippen LogP contribution in [0.25, 0.3) is 0 Å². The van der Waals surface area contributed by atoms with Crippen LogP contribution in [0.4, 0.5) is 8.78 Å². The van der Waals surface area contributed by atoms with Crippen molar-refractivity contribution in [3.05, 3.63) is 70.3 Å². The van der Waals surface area contributed by atoms with E-state index in [1.807, 2.05) is 0 Å². The number of hydrogen-bond donors (Lipinski definition) is 0. The summed E-state index contributed by atoms with van der Waals surface area (Å²) in [5, 5.41) is 0. The number of aryl methyl sites for hydroxylation is 2.